The summed E-state index contributed by atoms with van der Waals surface area (Å²) in [5, 5.41) is 8.35. The van der Waals surface area contributed by atoms with Crippen molar-refractivity contribution in [2.24, 2.45) is 0 Å². The molecule has 0 unspecified atom stereocenters. The van der Waals surface area contributed by atoms with Crippen LogP contribution in [-0.4, -0.2) is 11.1 Å². The van der Waals surface area contributed by atoms with E-state index in [0.717, 1.165) is 12.1 Å². The lowest BCUT2D eigenvalue weighted by Crippen LogP contribution is -1.94. The Morgan fingerprint density at radius 2 is 1.69 bits per heavy atom. The second kappa shape index (κ2) is 6.65. The quantitative estimate of drug-likeness (QED) is 0.802. The number of halogens is 3. The standard InChI is InChI=1S/C7H5FO2.Cl2O/c8-6-3-1-5(2-4-6)7(9)10;1-3-2/h1-4H,(H,9,10);. The van der Waals surface area contributed by atoms with Crippen LogP contribution in [0.3, 0.4) is 0 Å². The second-order valence-electron chi connectivity index (χ2n) is 1.87. The summed E-state index contributed by atoms with van der Waals surface area (Å²) in [4.78, 5) is 10.2. The highest BCUT2D eigenvalue weighted by atomic mass is 35.6. The van der Waals surface area contributed by atoms with E-state index in [-0.39, 0.29) is 5.56 Å². The molecule has 1 aromatic carbocycles. The number of benzene rings is 1. The molecule has 13 heavy (non-hydrogen) atoms. The number of carbonyl (C=O) groups is 1. The van der Waals surface area contributed by atoms with Gasteiger partial charge in [-0.25, -0.2) is 9.18 Å². The maximum atomic E-state index is 12.2. The molecule has 1 N–H and O–H groups in total. The van der Waals surface area contributed by atoms with E-state index in [9.17, 15) is 9.18 Å². The van der Waals surface area contributed by atoms with E-state index in [0.29, 0.717) is 0 Å². The molecule has 0 spiro atoms. The summed E-state index contributed by atoms with van der Waals surface area (Å²) in [6.45, 7) is 0. The van der Waals surface area contributed by atoms with E-state index < -0.39 is 11.8 Å². The minimum atomic E-state index is -1.04. The maximum Gasteiger partial charge on any atom is 0.335 e. The van der Waals surface area contributed by atoms with Crippen LogP contribution in [0.4, 0.5) is 4.39 Å². The van der Waals surface area contributed by atoms with Gasteiger partial charge in [0.2, 0.25) is 0 Å². The molecule has 1 rings (SSSR count). The van der Waals surface area contributed by atoms with Gasteiger partial charge in [0, 0.05) is 0 Å². The topological polar surface area (TPSA) is 46.5 Å². The first-order valence-electron chi connectivity index (χ1n) is 3.00. The van der Waals surface area contributed by atoms with E-state index >= 15 is 0 Å². The van der Waals surface area contributed by atoms with Crippen molar-refractivity contribution in [3.05, 3.63) is 35.6 Å². The van der Waals surface area contributed by atoms with Crippen molar-refractivity contribution < 1.29 is 18.1 Å². The molecule has 0 aliphatic heterocycles. The minimum absolute atomic E-state index is 0.0985. The molecule has 0 aromatic heterocycles. The molecule has 0 aliphatic carbocycles. The van der Waals surface area contributed by atoms with Crippen molar-refractivity contribution in [1.29, 1.82) is 0 Å². The molecule has 0 saturated carbocycles. The van der Waals surface area contributed by atoms with Gasteiger partial charge in [0.25, 0.3) is 0 Å². The SMILES string of the molecule is ClOCl.O=C(O)c1ccc(F)cc1. The minimum Gasteiger partial charge on any atom is -0.478 e. The van der Waals surface area contributed by atoms with Crippen molar-refractivity contribution in [2.75, 3.05) is 0 Å². The Morgan fingerprint density at radius 1 is 1.31 bits per heavy atom. The Balaban J connectivity index is 0.000000424. The summed E-state index contributed by atoms with van der Waals surface area (Å²) < 4.78 is 15.4. The molecular formula is C7H5Cl2FO3. The largest absolute Gasteiger partial charge is 0.478 e. The molecule has 6 heteroatoms. The van der Waals surface area contributed by atoms with Gasteiger partial charge in [-0.05, 0) is 24.3 Å². The first-order chi connectivity index (χ1) is 6.11. The first-order valence-corrected chi connectivity index (χ1v) is 3.61. The van der Waals surface area contributed by atoms with Crippen molar-refractivity contribution in [1.82, 2.24) is 0 Å². The van der Waals surface area contributed by atoms with E-state index in [4.69, 9.17) is 5.11 Å². The lowest BCUT2D eigenvalue weighted by molar-refractivity contribution is 0.0697. The number of hydrogen-bond donors (Lipinski definition) is 1. The van der Waals surface area contributed by atoms with Gasteiger partial charge >= 0.3 is 5.97 Å². The fourth-order valence-corrected chi connectivity index (χ4v) is 0.592. The average Bonchev–Trinajstić information content (AvgIpc) is 2.06. The lowest BCUT2D eigenvalue weighted by atomic mass is 10.2. The molecule has 0 radical (unpaired) electrons. The van der Waals surface area contributed by atoms with Gasteiger partial charge < -0.3 is 5.11 Å². The molecule has 0 bridgehead atoms. The molecule has 0 atom stereocenters. The van der Waals surface area contributed by atoms with Crippen LogP contribution in [0.1, 0.15) is 10.4 Å². The second-order valence-corrected chi connectivity index (χ2v) is 2.34. The molecule has 0 amide bonds. The summed E-state index contributed by atoms with van der Waals surface area (Å²) in [7, 11) is 0. The van der Waals surface area contributed by atoms with Gasteiger partial charge in [-0.15, -0.1) is 0 Å². The van der Waals surface area contributed by atoms with Gasteiger partial charge in [-0.1, -0.05) is 0 Å². The predicted molar refractivity (Wildman–Crippen MR) is 46.2 cm³/mol. The number of hydrogen-bond acceptors (Lipinski definition) is 2. The van der Waals surface area contributed by atoms with E-state index in [1.807, 2.05) is 0 Å². The van der Waals surface area contributed by atoms with Crippen molar-refractivity contribution in [2.45, 2.75) is 0 Å². The molecule has 3 nitrogen and oxygen atoms in total. The zero-order valence-corrected chi connectivity index (χ0v) is 7.72. The zero-order valence-electron chi connectivity index (χ0n) is 6.21. The van der Waals surface area contributed by atoms with E-state index in [2.05, 4.69) is 27.6 Å². The van der Waals surface area contributed by atoms with Crippen LogP contribution in [0.25, 0.3) is 0 Å². The van der Waals surface area contributed by atoms with Crippen LogP contribution in [0.2, 0.25) is 0 Å². The molecule has 0 fully saturated rings. The van der Waals surface area contributed by atoms with Gasteiger partial charge in [0.05, 0.1) is 29.3 Å². The van der Waals surface area contributed by atoms with E-state index in [1.165, 1.54) is 12.1 Å². The summed E-state index contributed by atoms with van der Waals surface area (Å²) in [5.74, 6) is -1.47. The third-order valence-electron chi connectivity index (χ3n) is 1.09. The van der Waals surface area contributed by atoms with Crippen LogP contribution in [-0.2, 0) is 3.84 Å². The molecule has 0 aliphatic rings. The number of carboxylic acids is 1. The molecule has 1 aromatic rings. The number of rotatable bonds is 1. The highest BCUT2D eigenvalue weighted by molar-refractivity contribution is 6.24. The van der Waals surface area contributed by atoms with Crippen LogP contribution in [0.15, 0.2) is 24.3 Å². The zero-order chi connectivity index (χ0) is 10.3. The Hall–Kier alpha value is -0.840. The number of aromatic carboxylic acids is 1. The smallest absolute Gasteiger partial charge is 0.335 e. The summed E-state index contributed by atoms with van der Waals surface area (Å²) >= 11 is 8.53. The van der Waals surface area contributed by atoms with Gasteiger partial charge in [0.1, 0.15) is 5.82 Å². The van der Waals surface area contributed by atoms with Crippen molar-refractivity contribution >= 4 is 29.7 Å². The highest BCUT2D eigenvalue weighted by Gasteiger charge is 1.99. The number of carboxylic acid groups (broad SMARTS) is 1. The molecule has 72 valence electrons. The first kappa shape index (κ1) is 12.2. The van der Waals surface area contributed by atoms with Crippen molar-refractivity contribution in [3.8, 4) is 0 Å². The Kier molecular flexibility index (Phi) is 6.22. The summed E-state index contributed by atoms with van der Waals surface area (Å²) in [6, 6.07) is 4.67. The third kappa shape index (κ3) is 5.41. The lowest BCUT2D eigenvalue weighted by Gasteiger charge is -1.90. The van der Waals surface area contributed by atoms with Crippen LogP contribution in [0, 0.1) is 5.82 Å². The average molecular weight is 227 g/mol. The highest BCUT2D eigenvalue weighted by Crippen LogP contribution is 2.01. The van der Waals surface area contributed by atoms with Gasteiger partial charge in [-0.2, -0.15) is 3.84 Å². The maximum absolute atomic E-state index is 12.2. The van der Waals surface area contributed by atoms with Crippen LogP contribution >= 0.6 is 23.7 Å². The predicted octanol–water partition coefficient (Wildman–Crippen LogP) is 2.83. The van der Waals surface area contributed by atoms with Gasteiger partial charge in [-0.3, -0.25) is 0 Å². The summed E-state index contributed by atoms with van der Waals surface area (Å²) in [5.41, 5.74) is 0.0985. The Labute approximate surface area is 84.0 Å². The normalized spacial score (nSPS) is 8.54. The fourth-order valence-electron chi connectivity index (χ4n) is 0.592. The molecule has 0 saturated heterocycles. The fraction of sp³-hybridized carbons (Fsp3) is 0. The van der Waals surface area contributed by atoms with Crippen LogP contribution in [0.5, 0.6) is 0 Å². The monoisotopic (exact) mass is 226 g/mol. The Bertz CT molecular complexity index is 263. The van der Waals surface area contributed by atoms with E-state index in [1.54, 1.807) is 0 Å². The van der Waals surface area contributed by atoms with Gasteiger partial charge in [0.15, 0.2) is 0 Å². The van der Waals surface area contributed by atoms with Crippen molar-refractivity contribution in [3.63, 3.8) is 0 Å². The molecular weight excluding hydrogens is 222 g/mol. The summed E-state index contributed by atoms with van der Waals surface area (Å²) in [6.07, 6.45) is 0. The Morgan fingerprint density at radius 3 is 2.00 bits per heavy atom. The third-order valence-corrected chi connectivity index (χ3v) is 1.09. The van der Waals surface area contributed by atoms with Crippen LogP contribution < -0.4 is 0 Å². The molecule has 0 heterocycles.